The molecule has 1 aromatic rings. The molecule has 0 spiro atoms. The van der Waals surface area contributed by atoms with Crippen molar-refractivity contribution in [1.82, 2.24) is 9.62 Å². The summed E-state index contributed by atoms with van der Waals surface area (Å²) >= 11 is 5.82. The monoisotopic (exact) mass is 418 g/mol. The van der Waals surface area contributed by atoms with Crippen LogP contribution in [0.1, 0.15) is 30.1 Å². The standard InChI is InChI=1S/C14H15ClF4N2O4S/c1-7(21(26(23)24)14(17,18)19)6-25-12-4-9(10(15)5-11(12)16)13(22)20-8-2-3-8/h4-5,7-8,26H,2-3,6H2,1H3,(H,20,22)/t7-/m0/s1. The maximum Gasteiger partial charge on any atom is 0.473 e. The molecule has 1 amide bonds. The van der Waals surface area contributed by atoms with Gasteiger partial charge in [0, 0.05) is 6.04 Å². The molecule has 0 aliphatic heterocycles. The van der Waals surface area contributed by atoms with E-state index in [1.165, 1.54) is 0 Å². The molecule has 12 heteroatoms. The summed E-state index contributed by atoms with van der Waals surface area (Å²) < 4.78 is 77.9. The predicted octanol–water partition coefficient (Wildman–Crippen LogP) is 2.49. The van der Waals surface area contributed by atoms with E-state index in [4.69, 9.17) is 16.3 Å². The lowest BCUT2D eigenvalue weighted by molar-refractivity contribution is -0.220. The number of halogens is 5. The molecule has 0 radical (unpaired) electrons. The Hall–Kier alpha value is -1.59. The van der Waals surface area contributed by atoms with Crippen molar-refractivity contribution in [1.29, 1.82) is 0 Å². The highest BCUT2D eigenvalue weighted by molar-refractivity contribution is 7.69. The number of benzene rings is 1. The average molecular weight is 419 g/mol. The Labute approximate surface area is 153 Å². The van der Waals surface area contributed by atoms with Crippen LogP contribution in [0.2, 0.25) is 5.02 Å². The van der Waals surface area contributed by atoms with Crippen molar-refractivity contribution < 1.29 is 35.5 Å². The van der Waals surface area contributed by atoms with Gasteiger partial charge in [-0.3, -0.25) is 4.79 Å². The average Bonchev–Trinajstić information content (AvgIpc) is 3.28. The third-order valence-electron chi connectivity index (χ3n) is 3.51. The molecule has 1 aromatic carbocycles. The summed E-state index contributed by atoms with van der Waals surface area (Å²) in [7, 11) is -3.95. The van der Waals surface area contributed by atoms with E-state index < -0.39 is 51.6 Å². The first-order valence-corrected chi connectivity index (χ1v) is 8.94. The van der Waals surface area contributed by atoms with Gasteiger partial charge in [-0.1, -0.05) is 11.6 Å². The van der Waals surface area contributed by atoms with Crippen molar-refractivity contribution in [3.8, 4) is 5.75 Å². The molecule has 1 fully saturated rings. The first kappa shape index (κ1) is 20.7. The van der Waals surface area contributed by atoms with Crippen LogP contribution in [-0.2, 0) is 10.9 Å². The van der Waals surface area contributed by atoms with Gasteiger partial charge in [-0.15, -0.1) is 4.31 Å². The van der Waals surface area contributed by atoms with Crippen LogP contribution in [0.15, 0.2) is 12.1 Å². The van der Waals surface area contributed by atoms with Gasteiger partial charge in [0.15, 0.2) is 11.6 Å². The number of thiol groups is 1. The molecule has 0 bridgehead atoms. The van der Waals surface area contributed by atoms with Crippen LogP contribution in [0.25, 0.3) is 0 Å². The zero-order valence-corrected chi connectivity index (χ0v) is 15.0. The Morgan fingerprint density at radius 2 is 2.04 bits per heavy atom. The highest BCUT2D eigenvalue weighted by Gasteiger charge is 2.43. The summed E-state index contributed by atoms with van der Waals surface area (Å²) in [4.78, 5) is 12.0. The fourth-order valence-corrected chi connectivity index (χ4v) is 2.90. The molecule has 2 rings (SSSR count). The third-order valence-corrected chi connectivity index (χ3v) is 4.80. The van der Waals surface area contributed by atoms with Gasteiger partial charge in [0.05, 0.1) is 16.6 Å². The van der Waals surface area contributed by atoms with Crippen molar-refractivity contribution in [3.05, 3.63) is 28.5 Å². The molecule has 26 heavy (non-hydrogen) atoms. The fraction of sp³-hybridized carbons (Fsp3) is 0.500. The fourth-order valence-electron chi connectivity index (χ4n) is 2.09. The number of nitrogens with zero attached hydrogens (tertiary/aromatic N) is 1. The quantitative estimate of drug-likeness (QED) is 0.405. The number of alkyl halides is 3. The second-order valence-electron chi connectivity index (χ2n) is 5.72. The molecule has 1 aliphatic carbocycles. The summed E-state index contributed by atoms with van der Waals surface area (Å²) in [5.74, 6) is -2.06. The lowest BCUT2D eigenvalue weighted by atomic mass is 10.2. The van der Waals surface area contributed by atoms with Crippen LogP contribution < -0.4 is 10.1 Å². The minimum Gasteiger partial charge on any atom is -0.489 e. The van der Waals surface area contributed by atoms with E-state index in [0.717, 1.165) is 31.9 Å². The molecule has 146 valence electrons. The van der Waals surface area contributed by atoms with Gasteiger partial charge in [-0.05, 0) is 31.9 Å². The van der Waals surface area contributed by atoms with Gasteiger partial charge < -0.3 is 10.1 Å². The molecule has 0 unspecified atom stereocenters. The van der Waals surface area contributed by atoms with Gasteiger partial charge in [-0.25, -0.2) is 12.8 Å². The van der Waals surface area contributed by atoms with Crippen LogP contribution in [-0.4, -0.2) is 43.6 Å². The predicted molar refractivity (Wildman–Crippen MR) is 85.1 cm³/mol. The van der Waals surface area contributed by atoms with Gasteiger partial charge in [0.2, 0.25) is 10.9 Å². The summed E-state index contributed by atoms with van der Waals surface area (Å²) in [5.41, 5.74) is -0.0924. The van der Waals surface area contributed by atoms with Gasteiger partial charge in [0.25, 0.3) is 5.91 Å². The van der Waals surface area contributed by atoms with Crippen molar-refractivity contribution in [2.24, 2.45) is 0 Å². The van der Waals surface area contributed by atoms with E-state index in [-0.39, 0.29) is 16.6 Å². The maximum absolute atomic E-state index is 13.9. The Balaban J connectivity index is 2.14. The largest absolute Gasteiger partial charge is 0.489 e. The van der Waals surface area contributed by atoms with E-state index in [2.05, 4.69) is 5.32 Å². The number of rotatable bonds is 7. The van der Waals surface area contributed by atoms with E-state index in [1.54, 1.807) is 0 Å². The molecular weight excluding hydrogens is 404 g/mol. The minimum atomic E-state index is -5.13. The second kappa shape index (κ2) is 7.97. The van der Waals surface area contributed by atoms with E-state index in [0.29, 0.717) is 0 Å². The number of hydrogen-bond acceptors (Lipinski definition) is 4. The highest BCUT2D eigenvalue weighted by atomic mass is 35.5. The van der Waals surface area contributed by atoms with Gasteiger partial charge in [0.1, 0.15) is 6.61 Å². The molecule has 1 atom stereocenters. The number of hydrogen-bond donors (Lipinski definition) is 2. The molecular formula is C14H15ClF4N2O4S. The molecule has 1 saturated carbocycles. The molecule has 1 aliphatic rings. The highest BCUT2D eigenvalue weighted by Crippen LogP contribution is 2.29. The Bertz CT molecular complexity index is 760. The van der Waals surface area contributed by atoms with E-state index >= 15 is 0 Å². The topological polar surface area (TPSA) is 75.7 Å². The number of amides is 1. The van der Waals surface area contributed by atoms with Crippen molar-refractivity contribution in [3.63, 3.8) is 0 Å². The second-order valence-corrected chi connectivity index (χ2v) is 7.03. The normalized spacial score (nSPS) is 16.0. The number of carbonyl (C=O) groups is 1. The Morgan fingerprint density at radius 1 is 1.42 bits per heavy atom. The lowest BCUT2D eigenvalue weighted by Gasteiger charge is -2.25. The van der Waals surface area contributed by atoms with Crippen LogP contribution in [0.5, 0.6) is 5.75 Å². The number of carbonyl (C=O) groups excluding carboxylic acids is 1. The van der Waals surface area contributed by atoms with E-state index in [9.17, 15) is 30.8 Å². The van der Waals surface area contributed by atoms with Crippen molar-refractivity contribution in [2.45, 2.75) is 38.1 Å². The van der Waals surface area contributed by atoms with Crippen molar-refractivity contribution in [2.75, 3.05) is 6.61 Å². The SMILES string of the molecule is C[C@@H](COc1cc(C(=O)NC2CC2)c(Cl)cc1F)N([SH](=O)=O)C(F)(F)F. The Morgan fingerprint density at radius 3 is 2.54 bits per heavy atom. The number of nitrogens with one attached hydrogen (secondary N) is 1. The summed E-state index contributed by atoms with van der Waals surface area (Å²) in [6, 6.07) is 0.146. The zero-order chi connectivity index (χ0) is 19.6. The summed E-state index contributed by atoms with van der Waals surface area (Å²) in [6.07, 6.45) is -3.51. The van der Waals surface area contributed by atoms with Crippen LogP contribution in [0.3, 0.4) is 0 Å². The number of ether oxygens (including phenoxy) is 1. The third kappa shape index (κ3) is 5.21. The van der Waals surface area contributed by atoms with Gasteiger partial charge in [-0.2, -0.15) is 13.2 Å². The van der Waals surface area contributed by atoms with Crippen LogP contribution in [0, 0.1) is 5.82 Å². The van der Waals surface area contributed by atoms with E-state index in [1.807, 2.05) is 0 Å². The van der Waals surface area contributed by atoms with Crippen LogP contribution >= 0.6 is 11.6 Å². The molecule has 1 N–H and O–H groups in total. The smallest absolute Gasteiger partial charge is 0.473 e. The molecule has 0 aromatic heterocycles. The lowest BCUT2D eigenvalue weighted by Crippen LogP contribution is -2.45. The maximum atomic E-state index is 13.9. The molecule has 0 saturated heterocycles. The molecule has 0 heterocycles. The van der Waals surface area contributed by atoms with Gasteiger partial charge >= 0.3 is 6.30 Å². The summed E-state index contributed by atoms with van der Waals surface area (Å²) in [5, 5.41) is 2.46. The molecule has 6 nitrogen and oxygen atoms in total. The Kier molecular flexibility index (Phi) is 6.35. The first-order valence-electron chi connectivity index (χ1n) is 7.43. The first-order chi connectivity index (χ1) is 12.0. The zero-order valence-electron chi connectivity index (χ0n) is 13.3. The minimum absolute atomic E-state index is 0.0155. The van der Waals surface area contributed by atoms with Crippen LogP contribution in [0.4, 0.5) is 17.6 Å². The summed E-state index contributed by atoms with van der Waals surface area (Å²) in [6.45, 7) is 0.165. The van der Waals surface area contributed by atoms with Crippen molar-refractivity contribution >= 4 is 28.4 Å².